The summed E-state index contributed by atoms with van der Waals surface area (Å²) in [5.41, 5.74) is 0.570. The standard InChI is InChI=1S/C10H11ClN2O2S/c1-3-15-10(14)8-12-9-6(4-5-16-9)7(11)13(8)2/h4-5,7H,3H2,1-2H3. The minimum Gasteiger partial charge on any atom is -0.460 e. The van der Waals surface area contributed by atoms with E-state index in [1.165, 1.54) is 11.3 Å². The van der Waals surface area contributed by atoms with Gasteiger partial charge in [0.2, 0.25) is 5.84 Å². The molecule has 0 radical (unpaired) electrons. The van der Waals surface area contributed by atoms with Crippen LogP contribution in [0.3, 0.4) is 0 Å². The smallest absolute Gasteiger partial charge is 0.374 e. The van der Waals surface area contributed by atoms with Crippen LogP contribution in [0.5, 0.6) is 0 Å². The highest BCUT2D eigenvalue weighted by Gasteiger charge is 2.30. The van der Waals surface area contributed by atoms with Crippen molar-refractivity contribution in [2.24, 2.45) is 4.99 Å². The van der Waals surface area contributed by atoms with Gasteiger partial charge in [0.15, 0.2) is 0 Å². The van der Waals surface area contributed by atoms with E-state index in [2.05, 4.69) is 4.99 Å². The number of esters is 1. The van der Waals surface area contributed by atoms with Crippen LogP contribution in [0.4, 0.5) is 5.00 Å². The third kappa shape index (κ3) is 1.81. The topological polar surface area (TPSA) is 41.9 Å². The number of halogens is 1. The highest BCUT2D eigenvalue weighted by Crippen LogP contribution is 2.40. The van der Waals surface area contributed by atoms with Gasteiger partial charge in [-0.25, -0.2) is 9.79 Å². The average Bonchev–Trinajstić information content (AvgIpc) is 2.71. The minimum atomic E-state index is -0.435. The lowest BCUT2D eigenvalue weighted by molar-refractivity contribution is -0.135. The zero-order valence-corrected chi connectivity index (χ0v) is 10.5. The molecule has 1 aromatic rings. The number of fused-ring (bicyclic) bond motifs is 1. The van der Waals surface area contributed by atoms with Crippen molar-refractivity contribution in [1.29, 1.82) is 0 Å². The Morgan fingerprint density at radius 2 is 2.50 bits per heavy atom. The molecular weight excluding hydrogens is 248 g/mol. The number of thiophene rings is 1. The molecule has 0 aromatic carbocycles. The summed E-state index contributed by atoms with van der Waals surface area (Å²) >= 11 is 7.69. The summed E-state index contributed by atoms with van der Waals surface area (Å²) in [6.07, 6.45) is 0. The second kappa shape index (κ2) is 4.43. The second-order valence-corrected chi connectivity index (χ2v) is 4.59. The van der Waals surface area contributed by atoms with E-state index in [-0.39, 0.29) is 11.3 Å². The predicted molar refractivity (Wildman–Crippen MR) is 64.4 cm³/mol. The number of nitrogens with zero attached hydrogens (tertiary/aromatic N) is 2. The molecule has 1 aliphatic heterocycles. The SMILES string of the molecule is CCOC(=O)C1=Nc2sccc2C(Cl)N1C. The van der Waals surface area contributed by atoms with Crippen molar-refractivity contribution in [3.63, 3.8) is 0 Å². The van der Waals surface area contributed by atoms with E-state index in [0.717, 1.165) is 10.6 Å². The number of aliphatic imine (C=N–C) groups is 1. The van der Waals surface area contributed by atoms with E-state index in [1.807, 2.05) is 11.4 Å². The number of hydrogen-bond donors (Lipinski definition) is 0. The number of likely N-dealkylation sites (N-methyl/N-ethyl adjacent to an activating group) is 1. The Kier molecular flexibility index (Phi) is 3.16. The van der Waals surface area contributed by atoms with Crippen LogP contribution in [0.25, 0.3) is 0 Å². The molecule has 86 valence electrons. The van der Waals surface area contributed by atoms with Gasteiger partial charge in [-0.2, -0.15) is 0 Å². The highest BCUT2D eigenvalue weighted by atomic mass is 35.5. The first-order chi connectivity index (χ1) is 7.65. The van der Waals surface area contributed by atoms with Crippen molar-refractivity contribution in [1.82, 2.24) is 4.90 Å². The highest BCUT2D eigenvalue weighted by molar-refractivity contribution is 7.14. The van der Waals surface area contributed by atoms with Crippen LogP contribution in [0.1, 0.15) is 18.0 Å². The molecule has 0 N–H and O–H groups in total. The molecule has 0 fully saturated rings. The third-order valence-corrected chi connectivity index (χ3v) is 3.62. The molecule has 0 aliphatic carbocycles. The zero-order chi connectivity index (χ0) is 11.7. The number of rotatable bonds is 2. The molecule has 6 heteroatoms. The molecule has 0 bridgehead atoms. The van der Waals surface area contributed by atoms with Crippen molar-refractivity contribution in [2.75, 3.05) is 13.7 Å². The molecule has 0 spiro atoms. The van der Waals surface area contributed by atoms with Crippen LogP contribution in [0, 0.1) is 0 Å². The first-order valence-corrected chi connectivity index (χ1v) is 6.17. The van der Waals surface area contributed by atoms with Gasteiger partial charge < -0.3 is 9.64 Å². The van der Waals surface area contributed by atoms with Crippen LogP contribution in [-0.2, 0) is 9.53 Å². The summed E-state index contributed by atoms with van der Waals surface area (Å²) in [6, 6.07) is 1.92. The van der Waals surface area contributed by atoms with Gasteiger partial charge in [-0.05, 0) is 18.4 Å². The molecule has 1 aromatic heterocycles. The summed E-state index contributed by atoms with van der Waals surface area (Å²) in [5, 5.41) is 2.69. The van der Waals surface area contributed by atoms with E-state index >= 15 is 0 Å². The fourth-order valence-electron chi connectivity index (χ4n) is 1.46. The van der Waals surface area contributed by atoms with Crippen molar-refractivity contribution < 1.29 is 9.53 Å². The molecule has 2 heterocycles. The van der Waals surface area contributed by atoms with Gasteiger partial charge in [-0.15, -0.1) is 11.3 Å². The first kappa shape index (κ1) is 11.4. The summed E-state index contributed by atoms with van der Waals surface area (Å²) in [4.78, 5) is 17.5. The van der Waals surface area contributed by atoms with E-state index in [1.54, 1.807) is 18.9 Å². The summed E-state index contributed by atoms with van der Waals surface area (Å²) in [6.45, 7) is 2.09. The molecule has 0 amide bonds. The summed E-state index contributed by atoms with van der Waals surface area (Å²) in [7, 11) is 1.73. The predicted octanol–water partition coefficient (Wildman–Crippen LogP) is 2.52. The fraction of sp³-hybridized carbons (Fsp3) is 0.400. The lowest BCUT2D eigenvalue weighted by Crippen LogP contribution is -2.37. The largest absolute Gasteiger partial charge is 0.460 e. The van der Waals surface area contributed by atoms with Crippen LogP contribution in [-0.4, -0.2) is 30.4 Å². The molecule has 0 saturated heterocycles. The lowest BCUT2D eigenvalue weighted by Gasteiger charge is -2.28. The number of ether oxygens (including phenoxy) is 1. The number of carbonyl (C=O) groups excluding carboxylic acids is 1. The Hall–Kier alpha value is -1.07. The van der Waals surface area contributed by atoms with Crippen molar-refractivity contribution >= 4 is 39.7 Å². The van der Waals surface area contributed by atoms with Gasteiger partial charge in [-0.1, -0.05) is 11.6 Å². The molecule has 1 aliphatic rings. The van der Waals surface area contributed by atoms with Gasteiger partial charge in [-0.3, -0.25) is 0 Å². The number of hydrogen-bond acceptors (Lipinski definition) is 5. The van der Waals surface area contributed by atoms with Gasteiger partial charge in [0.25, 0.3) is 0 Å². The summed E-state index contributed by atoms with van der Waals surface area (Å²) in [5.74, 6) is -0.175. The van der Waals surface area contributed by atoms with Gasteiger partial charge in [0.05, 0.1) is 6.61 Å². The quantitative estimate of drug-likeness (QED) is 0.465. The zero-order valence-electron chi connectivity index (χ0n) is 8.94. The van der Waals surface area contributed by atoms with Crippen LogP contribution in [0.15, 0.2) is 16.4 Å². The molecular formula is C10H11ClN2O2S. The normalized spacial score (nSPS) is 19.1. The maximum absolute atomic E-state index is 11.6. The van der Waals surface area contributed by atoms with Crippen LogP contribution in [0.2, 0.25) is 0 Å². The van der Waals surface area contributed by atoms with E-state index in [4.69, 9.17) is 16.3 Å². The maximum Gasteiger partial charge on any atom is 0.374 e. The number of carbonyl (C=O) groups is 1. The Morgan fingerprint density at radius 3 is 3.19 bits per heavy atom. The van der Waals surface area contributed by atoms with E-state index in [9.17, 15) is 4.79 Å². The third-order valence-electron chi connectivity index (χ3n) is 2.27. The molecule has 4 nitrogen and oxygen atoms in total. The van der Waals surface area contributed by atoms with Crippen molar-refractivity contribution in [2.45, 2.75) is 12.4 Å². The molecule has 2 rings (SSSR count). The second-order valence-electron chi connectivity index (χ2n) is 3.28. The van der Waals surface area contributed by atoms with E-state index in [0.29, 0.717) is 6.61 Å². The fourth-order valence-corrected chi connectivity index (χ4v) is 2.59. The Balaban J connectivity index is 2.37. The number of alkyl halides is 1. The van der Waals surface area contributed by atoms with Gasteiger partial charge >= 0.3 is 5.97 Å². The monoisotopic (exact) mass is 258 g/mol. The van der Waals surface area contributed by atoms with Crippen molar-refractivity contribution in [3.8, 4) is 0 Å². The van der Waals surface area contributed by atoms with E-state index < -0.39 is 5.97 Å². The average molecular weight is 259 g/mol. The molecule has 0 saturated carbocycles. The Morgan fingerprint density at radius 1 is 1.75 bits per heavy atom. The first-order valence-electron chi connectivity index (χ1n) is 4.85. The van der Waals surface area contributed by atoms with Crippen LogP contribution >= 0.6 is 22.9 Å². The maximum atomic E-state index is 11.6. The van der Waals surface area contributed by atoms with Crippen molar-refractivity contribution in [3.05, 3.63) is 17.0 Å². The van der Waals surface area contributed by atoms with Gasteiger partial charge in [0, 0.05) is 12.6 Å². The summed E-state index contributed by atoms with van der Waals surface area (Å²) < 4.78 is 4.93. The molecule has 16 heavy (non-hydrogen) atoms. The number of amidine groups is 1. The minimum absolute atomic E-state index is 0.261. The lowest BCUT2D eigenvalue weighted by atomic mass is 10.2. The Bertz CT molecular complexity index is 444. The van der Waals surface area contributed by atoms with Gasteiger partial charge in [0.1, 0.15) is 10.5 Å². The Labute approximate surface area is 102 Å². The molecule has 1 atom stereocenters. The van der Waals surface area contributed by atoms with Crippen LogP contribution < -0.4 is 0 Å². The molecule has 1 unspecified atom stereocenters.